The molecule has 1 aliphatic rings. The lowest BCUT2D eigenvalue weighted by Crippen LogP contribution is -2.36. The van der Waals surface area contributed by atoms with E-state index in [0.29, 0.717) is 6.42 Å². The minimum Gasteiger partial charge on any atom is -0.755 e. The second kappa shape index (κ2) is 3.63. The number of carbonyl (C=O) groups excluding carboxylic acids is 1. The van der Waals surface area contributed by atoms with E-state index in [9.17, 15) is 13.6 Å². The minimum absolute atomic E-state index is 0.210. The molecule has 1 fully saturated rings. The summed E-state index contributed by atoms with van der Waals surface area (Å²) >= 11 is -2.55. The van der Waals surface area contributed by atoms with Crippen molar-refractivity contribution < 1.29 is 13.6 Å². The van der Waals surface area contributed by atoms with Crippen LogP contribution < -0.4 is 0 Å². The maximum Gasteiger partial charge on any atom is 0.236 e. The molecule has 1 aliphatic heterocycles. The second-order valence-corrected chi connectivity index (χ2v) is 3.94. The lowest BCUT2D eigenvalue weighted by Gasteiger charge is -2.26. The Bertz CT molecular complexity index is 281. The van der Waals surface area contributed by atoms with Crippen LogP contribution in [0.5, 0.6) is 0 Å². The van der Waals surface area contributed by atoms with Gasteiger partial charge >= 0.3 is 0 Å². The normalized spacial score (nSPS) is 30.6. The Morgan fingerprint density at radius 1 is 1.85 bits per heavy atom. The average Bonchev–Trinajstić information content (AvgIpc) is 2.28. The number of nitrogens with zero attached hydrogens (tertiary/aromatic N) is 1. The predicted octanol–water partition coefficient (Wildman–Crippen LogP) is -0.300. The molecule has 0 aromatic heterocycles. The summed E-state index contributed by atoms with van der Waals surface area (Å²) in [5.74, 6) is -0.715. The SMILES string of the molecule is [B]C(=C)C1CC(C)C(=O)N1S(=O)[O-]. The second-order valence-electron chi connectivity index (χ2n) is 3.11. The zero-order chi connectivity index (χ0) is 10.2. The van der Waals surface area contributed by atoms with E-state index in [-0.39, 0.29) is 11.4 Å². The molecule has 0 aromatic rings. The van der Waals surface area contributed by atoms with Gasteiger partial charge in [0.1, 0.15) is 7.85 Å². The minimum atomic E-state index is -2.55. The van der Waals surface area contributed by atoms with Crippen molar-refractivity contribution in [3.05, 3.63) is 12.1 Å². The van der Waals surface area contributed by atoms with Gasteiger partial charge < -0.3 is 4.55 Å². The maximum atomic E-state index is 11.3. The molecular formula is C7H9BNO3S-. The number of hydrogen-bond acceptors (Lipinski definition) is 3. The van der Waals surface area contributed by atoms with Crippen molar-refractivity contribution in [1.82, 2.24) is 4.31 Å². The van der Waals surface area contributed by atoms with Crippen molar-refractivity contribution in [1.29, 1.82) is 0 Å². The fourth-order valence-corrected chi connectivity index (χ4v) is 2.14. The van der Waals surface area contributed by atoms with Gasteiger partial charge in [-0.05, 0) is 6.42 Å². The first kappa shape index (κ1) is 10.5. The first-order chi connectivity index (χ1) is 5.95. The summed E-state index contributed by atoms with van der Waals surface area (Å²) in [7, 11) is 5.39. The molecule has 1 saturated heterocycles. The molecule has 1 heterocycles. The zero-order valence-corrected chi connectivity index (χ0v) is 8.04. The summed E-state index contributed by atoms with van der Waals surface area (Å²) in [4.78, 5) is 11.3. The first-order valence-electron chi connectivity index (χ1n) is 3.82. The monoisotopic (exact) mass is 198 g/mol. The topological polar surface area (TPSA) is 60.4 Å². The lowest BCUT2D eigenvalue weighted by molar-refractivity contribution is -0.126. The van der Waals surface area contributed by atoms with Gasteiger partial charge in [0.2, 0.25) is 5.91 Å². The van der Waals surface area contributed by atoms with E-state index in [1.165, 1.54) is 0 Å². The molecule has 1 amide bonds. The van der Waals surface area contributed by atoms with Crippen LogP contribution in [0.3, 0.4) is 0 Å². The van der Waals surface area contributed by atoms with Crippen LogP contribution in [0.1, 0.15) is 13.3 Å². The zero-order valence-electron chi connectivity index (χ0n) is 7.23. The van der Waals surface area contributed by atoms with E-state index in [4.69, 9.17) is 7.85 Å². The summed E-state index contributed by atoms with van der Waals surface area (Å²) in [5.41, 5.74) is 0.210. The van der Waals surface area contributed by atoms with Crippen LogP contribution in [0.25, 0.3) is 0 Å². The fourth-order valence-electron chi connectivity index (χ4n) is 1.38. The maximum absolute atomic E-state index is 11.3. The molecule has 3 atom stereocenters. The highest BCUT2D eigenvalue weighted by Crippen LogP contribution is 2.28. The molecule has 4 nitrogen and oxygen atoms in total. The summed E-state index contributed by atoms with van der Waals surface area (Å²) in [6.07, 6.45) is 0.419. The van der Waals surface area contributed by atoms with E-state index >= 15 is 0 Å². The van der Waals surface area contributed by atoms with Crippen molar-refractivity contribution in [3.63, 3.8) is 0 Å². The molecule has 2 radical (unpaired) electrons. The molecule has 0 aliphatic carbocycles. The first-order valence-corrected chi connectivity index (χ1v) is 4.85. The Labute approximate surface area is 80.8 Å². The van der Waals surface area contributed by atoms with Gasteiger partial charge in [-0.3, -0.25) is 13.3 Å². The van der Waals surface area contributed by atoms with Crippen LogP contribution >= 0.6 is 0 Å². The molecule has 6 heteroatoms. The summed E-state index contributed by atoms with van der Waals surface area (Å²) in [5, 5.41) is 0. The molecule has 0 spiro atoms. The third kappa shape index (κ3) is 1.83. The van der Waals surface area contributed by atoms with E-state index < -0.39 is 23.2 Å². The Morgan fingerprint density at radius 3 is 2.69 bits per heavy atom. The third-order valence-corrected chi connectivity index (χ3v) is 2.84. The molecule has 0 N–H and O–H groups in total. The Morgan fingerprint density at radius 2 is 2.38 bits per heavy atom. The number of rotatable bonds is 2. The third-order valence-electron chi connectivity index (χ3n) is 2.09. The van der Waals surface area contributed by atoms with Gasteiger partial charge in [-0.1, -0.05) is 6.92 Å². The van der Waals surface area contributed by atoms with Gasteiger partial charge in [-0.25, -0.2) is 0 Å². The van der Waals surface area contributed by atoms with Gasteiger partial charge in [0.15, 0.2) is 0 Å². The highest BCUT2D eigenvalue weighted by Gasteiger charge is 2.37. The van der Waals surface area contributed by atoms with Crippen molar-refractivity contribution in [3.8, 4) is 0 Å². The Kier molecular flexibility index (Phi) is 2.92. The van der Waals surface area contributed by atoms with Crippen LogP contribution in [-0.2, 0) is 16.1 Å². The number of amides is 1. The molecule has 0 aromatic carbocycles. The largest absolute Gasteiger partial charge is 0.755 e. The highest BCUT2D eigenvalue weighted by atomic mass is 32.2. The van der Waals surface area contributed by atoms with Crippen molar-refractivity contribution >= 4 is 25.0 Å². The highest BCUT2D eigenvalue weighted by molar-refractivity contribution is 7.77. The molecule has 0 saturated carbocycles. The fraction of sp³-hybridized carbons (Fsp3) is 0.571. The van der Waals surface area contributed by atoms with Crippen molar-refractivity contribution in [2.45, 2.75) is 19.4 Å². The smallest absolute Gasteiger partial charge is 0.236 e. The predicted molar refractivity (Wildman–Crippen MR) is 48.2 cm³/mol. The van der Waals surface area contributed by atoms with Gasteiger partial charge in [0.05, 0.1) is 17.3 Å². The molecule has 0 bridgehead atoms. The van der Waals surface area contributed by atoms with E-state index in [0.717, 1.165) is 4.31 Å². The summed E-state index contributed by atoms with van der Waals surface area (Å²) in [6.45, 7) is 5.12. The van der Waals surface area contributed by atoms with Gasteiger partial charge in [0, 0.05) is 5.92 Å². The van der Waals surface area contributed by atoms with E-state index in [1.807, 2.05) is 0 Å². The molecule has 3 unspecified atom stereocenters. The quantitative estimate of drug-likeness (QED) is 0.452. The summed E-state index contributed by atoms with van der Waals surface area (Å²) < 4.78 is 22.1. The average molecular weight is 198 g/mol. The number of carbonyl (C=O) groups is 1. The number of hydrogen-bond donors (Lipinski definition) is 0. The van der Waals surface area contributed by atoms with Crippen LogP contribution in [-0.4, -0.2) is 32.9 Å². The van der Waals surface area contributed by atoms with Gasteiger partial charge in [-0.15, -0.1) is 12.1 Å². The lowest BCUT2D eigenvalue weighted by atomic mass is 9.88. The standard InChI is InChI=1S/C7H10BNO3S/c1-4-3-6(5(2)8)9(7(4)10)13(11)12/h4,6H,2-3H2,1H3,(H,11,12)/p-1. The van der Waals surface area contributed by atoms with Crippen LogP contribution in [0.2, 0.25) is 0 Å². The van der Waals surface area contributed by atoms with Crippen molar-refractivity contribution in [2.24, 2.45) is 5.92 Å². The molecule has 70 valence electrons. The molecule has 1 rings (SSSR count). The van der Waals surface area contributed by atoms with E-state index in [1.54, 1.807) is 6.92 Å². The Hall–Kier alpha value is -0.615. The van der Waals surface area contributed by atoms with Crippen LogP contribution in [0.15, 0.2) is 12.1 Å². The van der Waals surface area contributed by atoms with Crippen LogP contribution in [0, 0.1) is 5.92 Å². The van der Waals surface area contributed by atoms with Crippen molar-refractivity contribution in [2.75, 3.05) is 0 Å². The molecule has 13 heavy (non-hydrogen) atoms. The Balaban J connectivity index is 2.93. The van der Waals surface area contributed by atoms with Gasteiger partial charge in [0.25, 0.3) is 0 Å². The van der Waals surface area contributed by atoms with Crippen LogP contribution in [0.4, 0.5) is 0 Å². The van der Waals surface area contributed by atoms with E-state index in [2.05, 4.69) is 6.58 Å². The van der Waals surface area contributed by atoms with Gasteiger partial charge in [-0.2, -0.15) is 0 Å². The molecular weight excluding hydrogens is 189 g/mol. The summed E-state index contributed by atoms with van der Waals surface area (Å²) in [6, 6.07) is -0.569.